The second-order valence-corrected chi connectivity index (χ2v) is 6.52. The predicted octanol–water partition coefficient (Wildman–Crippen LogP) is 3.78. The first-order valence-electron chi connectivity index (χ1n) is 8.41. The molecule has 0 aromatic carbocycles. The number of nitrogens with one attached hydrogen (secondary N) is 1. The van der Waals surface area contributed by atoms with Gasteiger partial charge < -0.3 is 10.1 Å². The molecular weight excluding hydrogens is 236 g/mol. The number of hydrogen-bond donors (Lipinski definition) is 1. The van der Waals surface area contributed by atoms with E-state index in [0.717, 1.165) is 6.02 Å². The van der Waals surface area contributed by atoms with Crippen LogP contribution in [-0.4, -0.2) is 24.2 Å². The maximum absolute atomic E-state index is 6.01. The molecule has 0 atom stereocenters. The molecule has 0 aromatic rings. The van der Waals surface area contributed by atoms with E-state index in [2.05, 4.69) is 5.32 Å². The highest BCUT2D eigenvalue weighted by atomic mass is 16.5. The predicted molar refractivity (Wildman–Crippen MR) is 78.4 cm³/mol. The molecule has 0 spiro atoms. The van der Waals surface area contributed by atoms with Crippen molar-refractivity contribution in [1.82, 2.24) is 5.32 Å². The van der Waals surface area contributed by atoms with Crippen LogP contribution in [0.1, 0.15) is 77.0 Å². The Kier molecular flexibility index (Phi) is 4.62. The lowest BCUT2D eigenvalue weighted by molar-refractivity contribution is 0.256. The van der Waals surface area contributed by atoms with Gasteiger partial charge in [-0.25, -0.2) is 4.99 Å². The largest absolute Gasteiger partial charge is 0.462 e. The molecule has 3 aliphatic rings. The molecule has 0 aliphatic heterocycles. The van der Waals surface area contributed by atoms with Crippen LogP contribution in [0.15, 0.2) is 4.99 Å². The normalized spacial score (nSPS) is 27.3. The highest BCUT2D eigenvalue weighted by Gasteiger charge is 2.27. The zero-order valence-corrected chi connectivity index (χ0v) is 12.1. The Bertz CT molecular complexity index is 300. The van der Waals surface area contributed by atoms with E-state index in [-0.39, 0.29) is 0 Å². The van der Waals surface area contributed by atoms with E-state index in [1.165, 1.54) is 77.0 Å². The molecule has 3 saturated carbocycles. The summed E-state index contributed by atoms with van der Waals surface area (Å²) in [6.07, 6.45) is 16.2. The van der Waals surface area contributed by atoms with Crippen molar-refractivity contribution in [3.8, 4) is 0 Å². The SMILES string of the molecule is C1CCC(N=C(NC2CCCCC2)OC2CC2)CC1. The van der Waals surface area contributed by atoms with Crippen LogP contribution in [0.2, 0.25) is 0 Å². The van der Waals surface area contributed by atoms with Crippen molar-refractivity contribution in [2.24, 2.45) is 4.99 Å². The highest BCUT2D eigenvalue weighted by Crippen LogP contribution is 2.26. The van der Waals surface area contributed by atoms with Crippen LogP contribution in [0.5, 0.6) is 0 Å². The van der Waals surface area contributed by atoms with Crippen LogP contribution in [0, 0.1) is 0 Å². The molecule has 0 heterocycles. The third kappa shape index (κ3) is 4.39. The zero-order valence-electron chi connectivity index (χ0n) is 12.1. The number of ether oxygens (including phenoxy) is 1. The summed E-state index contributed by atoms with van der Waals surface area (Å²) >= 11 is 0. The molecule has 1 N–H and O–H groups in total. The van der Waals surface area contributed by atoms with Crippen LogP contribution >= 0.6 is 0 Å². The summed E-state index contributed by atoms with van der Waals surface area (Å²) in [6, 6.07) is 2.00. The van der Waals surface area contributed by atoms with Crippen LogP contribution in [-0.2, 0) is 4.74 Å². The second kappa shape index (κ2) is 6.62. The number of amidine groups is 1. The summed E-state index contributed by atoms with van der Waals surface area (Å²) in [5, 5.41) is 3.60. The van der Waals surface area contributed by atoms with Crippen molar-refractivity contribution in [3.63, 3.8) is 0 Å². The molecule has 0 amide bonds. The van der Waals surface area contributed by atoms with Gasteiger partial charge in [-0.3, -0.25) is 0 Å². The van der Waals surface area contributed by atoms with E-state index in [9.17, 15) is 0 Å². The van der Waals surface area contributed by atoms with Gasteiger partial charge >= 0.3 is 0 Å². The van der Waals surface area contributed by atoms with Gasteiger partial charge in [-0.05, 0) is 38.5 Å². The monoisotopic (exact) mass is 264 g/mol. The van der Waals surface area contributed by atoms with E-state index < -0.39 is 0 Å². The van der Waals surface area contributed by atoms with Gasteiger partial charge in [0, 0.05) is 6.04 Å². The first kappa shape index (κ1) is 13.3. The first-order valence-corrected chi connectivity index (χ1v) is 8.41. The summed E-state index contributed by atoms with van der Waals surface area (Å²) in [5.74, 6) is 0. The lowest BCUT2D eigenvalue weighted by Gasteiger charge is -2.26. The summed E-state index contributed by atoms with van der Waals surface area (Å²) in [5.41, 5.74) is 0. The Labute approximate surface area is 117 Å². The molecule has 3 fully saturated rings. The number of hydrogen-bond acceptors (Lipinski definition) is 2. The van der Waals surface area contributed by atoms with Gasteiger partial charge in [0.2, 0.25) is 0 Å². The van der Waals surface area contributed by atoms with E-state index in [4.69, 9.17) is 9.73 Å². The van der Waals surface area contributed by atoms with Gasteiger partial charge in [0.05, 0.1) is 6.04 Å². The molecule has 3 nitrogen and oxygen atoms in total. The molecule has 108 valence electrons. The topological polar surface area (TPSA) is 33.6 Å². The van der Waals surface area contributed by atoms with Crippen LogP contribution < -0.4 is 5.32 Å². The first-order chi connectivity index (χ1) is 9.40. The van der Waals surface area contributed by atoms with Crippen molar-refractivity contribution in [3.05, 3.63) is 0 Å². The molecule has 0 saturated heterocycles. The van der Waals surface area contributed by atoms with Crippen LogP contribution in [0.4, 0.5) is 0 Å². The van der Waals surface area contributed by atoms with Crippen molar-refractivity contribution < 1.29 is 4.74 Å². The van der Waals surface area contributed by atoms with E-state index in [0.29, 0.717) is 18.2 Å². The lowest BCUT2D eigenvalue weighted by Crippen LogP contribution is -2.39. The summed E-state index contributed by atoms with van der Waals surface area (Å²) in [7, 11) is 0. The van der Waals surface area contributed by atoms with E-state index in [1.807, 2.05) is 0 Å². The number of nitrogens with zero attached hydrogens (tertiary/aromatic N) is 1. The second-order valence-electron chi connectivity index (χ2n) is 6.52. The van der Waals surface area contributed by atoms with Crippen LogP contribution in [0.25, 0.3) is 0 Å². The lowest BCUT2D eigenvalue weighted by atomic mass is 9.95. The zero-order chi connectivity index (χ0) is 12.9. The molecule has 0 radical (unpaired) electrons. The van der Waals surface area contributed by atoms with Gasteiger partial charge in [0.15, 0.2) is 0 Å². The van der Waals surface area contributed by atoms with Crippen molar-refractivity contribution in [1.29, 1.82) is 0 Å². The summed E-state index contributed by atoms with van der Waals surface area (Å²) < 4.78 is 6.01. The minimum atomic E-state index is 0.457. The van der Waals surface area contributed by atoms with Crippen molar-refractivity contribution in [2.75, 3.05) is 0 Å². The van der Waals surface area contributed by atoms with Crippen molar-refractivity contribution >= 4 is 6.02 Å². The quantitative estimate of drug-likeness (QED) is 0.622. The minimum Gasteiger partial charge on any atom is -0.462 e. The molecule has 3 aliphatic carbocycles. The third-order valence-electron chi connectivity index (χ3n) is 4.61. The summed E-state index contributed by atoms with van der Waals surface area (Å²) in [4.78, 5) is 4.89. The Hall–Kier alpha value is -0.730. The Morgan fingerprint density at radius 1 is 0.789 bits per heavy atom. The maximum atomic E-state index is 6.01. The Morgan fingerprint density at radius 3 is 2.05 bits per heavy atom. The smallest absolute Gasteiger partial charge is 0.285 e. The van der Waals surface area contributed by atoms with Gasteiger partial charge in [0.1, 0.15) is 6.10 Å². The fourth-order valence-corrected chi connectivity index (χ4v) is 3.24. The molecule has 3 rings (SSSR count). The fraction of sp³-hybridized carbons (Fsp3) is 0.938. The average molecular weight is 264 g/mol. The van der Waals surface area contributed by atoms with E-state index in [1.54, 1.807) is 0 Å². The fourth-order valence-electron chi connectivity index (χ4n) is 3.24. The van der Waals surface area contributed by atoms with Gasteiger partial charge in [-0.15, -0.1) is 0 Å². The molecular formula is C16H28N2O. The third-order valence-corrected chi connectivity index (χ3v) is 4.61. The standard InChI is InChI=1S/C16H28N2O/c1-3-7-13(8-4-1)17-16(19-15-11-12-15)18-14-9-5-2-6-10-14/h13-15H,1-12H2,(H,17,18). The van der Waals surface area contributed by atoms with Gasteiger partial charge in [-0.2, -0.15) is 0 Å². The molecule has 19 heavy (non-hydrogen) atoms. The maximum Gasteiger partial charge on any atom is 0.285 e. The van der Waals surface area contributed by atoms with Crippen LogP contribution in [0.3, 0.4) is 0 Å². The van der Waals surface area contributed by atoms with E-state index >= 15 is 0 Å². The summed E-state index contributed by atoms with van der Waals surface area (Å²) in [6.45, 7) is 0. The Morgan fingerprint density at radius 2 is 1.42 bits per heavy atom. The molecule has 0 unspecified atom stereocenters. The number of aliphatic imine (C=N–C) groups is 1. The molecule has 0 aromatic heterocycles. The minimum absolute atomic E-state index is 0.457. The van der Waals surface area contributed by atoms with Gasteiger partial charge in [-0.1, -0.05) is 38.5 Å². The highest BCUT2D eigenvalue weighted by molar-refractivity contribution is 5.74. The number of rotatable bonds is 3. The Balaban J connectivity index is 1.56. The molecule has 3 heteroatoms. The molecule has 0 bridgehead atoms. The van der Waals surface area contributed by atoms with Crippen molar-refractivity contribution in [2.45, 2.75) is 95.2 Å². The van der Waals surface area contributed by atoms with Gasteiger partial charge in [0.25, 0.3) is 6.02 Å². The average Bonchev–Trinajstić information content (AvgIpc) is 3.25.